The maximum absolute atomic E-state index is 15.2. The van der Waals surface area contributed by atoms with Crippen molar-refractivity contribution >= 4 is 22.9 Å². The van der Waals surface area contributed by atoms with Gasteiger partial charge in [0.2, 0.25) is 0 Å². The van der Waals surface area contributed by atoms with Gasteiger partial charge in [0, 0.05) is 42.6 Å². The average molecular weight is 943 g/mol. The minimum atomic E-state index is -1.19. The predicted molar refractivity (Wildman–Crippen MR) is 272 cm³/mol. The van der Waals surface area contributed by atoms with Crippen molar-refractivity contribution in [2.75, 3.05) is 20.3 Å². The van der Waals surface area contributed by atoms with Gasteiger partial charge < -0.3 is 28.5 Å². The quantitative estimate of drug-likeness (QED) is 0.0726. The van der Waals surface area contributed by atoms with E-state index in [1.165, 1.54) is 27.8 Å². The number of carbonyl (C=O) groups is 2. The van der Waals surface area contributed by atoms with Gasteiger partial charge in [0.15, 0.2) is 12.2 Å². The van der Waals surface area contributed by atoms with Gasteiger partial charge in [0.05, 0.1) is 12.2 Å². The highest BCUT2D eigenvalue weighted by molar-refractivity contribution is 5.90. The molecule has 1 N–H and O–H groups in total. The zero-order valence-corrected chi connectivity index (χ0v) is 41.0. The number of esters is 2. The van der Waals surface area contributed by atoms with E-state index < -0.39 is 41.3 Å². The summed E-state index contributed by atoms with van der Waals surface area (Å²) in [5, 5.41) is 10.5. The summed E-state index contributed by atoms with van der Waals surface area (Å²) in [6, 6.07) is 43.8. The lowest BCUT2D eigenvalue weighted by atomic mass is 9.68. The molecule has 4 aliphatic rings. The van der Waals surface area contributed by atoms with Crippen molar-refractivity contribution in [2.45, 2.75) is 127 Å². The SMILES string of the molecule is COCC(CCO)c1cc2ccc3c(c2oc1=O)C1OC(=O)CC2CC(c4cccc(Cc5ccccc5)c4)CCC2c2ccc(cc2)CCC(=C(C)C)C(=O)OC1C(C)(CCCc1ccccc1)O3. The summed E-state index contributed by atoms with van der Waals surface area (Å²) in [6.07, 6.45) is 4.63. The molecule has 2 bridgehead atoms. The molecule has 1 fully saturated rings. The van der Waals surface area contributed by atoms with E-state index in [1.807, 2.05) is 57.2 Å². The van der Waals surface area contributed by atoms with E-state index in [4.69, 9.17) is 23.4 Å². The van der Waals surface area contributed by atoms with Crippen molar-refractivity contribution in [3.63, 3.8) is 0 Å². The van der Waals surface area contributed by atoms with E-state index in [2.05, 4.69) is 84.9 Å². The second-order valence-electron chi connectivity index (χ2n) is 20.2. The summed E-state index contributed by atoms with van der Waals surface area (Å²) in [5.41, 5.74) is 7.81. The summed E-state index contributed by atoms with van der Waals surface area (Å²) in [7, 11) is 1.56. The van der Waals surface area contributed by atoms with Gasteiger partial charge in [-0.2, -0.15) is 0 Å². The first-order chi connectivity index (χ1) is 34.0. The molecule has 364 valence electrons. The Labute approximate surface area is 411 Å². The number of benzene rings is 5. The number of fused-ring (bicyclic) bond motifs is 11. The summed E-state index contributed by atoms with van der Waals surface area (Å²) < 4.78 is 32.4. The lowest BCUT2D eigenvalue weighted by Gasteiger charge is -2.45. The summed E-state index contributed by atoms with van der Waals surface area (Å²) in [4.78, 5) is 44.0. The van der Waals surface area contributed by atoms with Gasteiger partial charge in [-0.3, -0.25) is 4.79 Å². The van der Waals surface area contributed by atoms with Gasteiger partial charge in [0.1, 0.15) is 16.9 Å². The first-order valence-corrected chi connectivity index (χ1v) is 25.2. The first-order valence-electron chi connectivity index (χ1n) is 25.2. The molecule has 7 unspecified atom stereocenters. The summed E-state index contributed by atoms with van der Waals surface area (Å²) in [6.45, 7) is 5.85. The van der Waals surface area contributed by atoms with Crippen molar-refractivity contribution in [3.8, 4) is 5.75 Å². The molecule has 0 saturated heterocycles. The number of hydrogen-bond acceptors (Lipinski definition) is 9. The Hall–Kier alpha value is -6.29. The van der Waals surface area contributed by atoms with Crippen LogP contribution in [0.3, 0.4) is 0 Å². The number of aliphatic hydroxyl groups excluding tert-OH is 1. The van der Waals surface area contributed by atoms with Crippen molar-refractivity contribution in [2.24, 2.45) is 5.92 Å². The van der Waals surface area contributed by atoms with E-state index in [9.17, 15) is 14.7 Å². The van der Waals surface area contributed by atoms with E-state index in [-0.39, 0.29) is 43.0 Å². The fraction of sp³-hybridized carbons (Fsp3) is 0.393. The molecule has 0 spiro atoms. The number of aryl methyl sites for hydroxylation is 2. The molecule has 5 aromatic carbocycles. The first kappa shape index (κ1) is 48.7. The van der Waals surface area contributed by atoms with E-state index >= 15 is 4.79 Å². The molecule has 3 aliphatic heterocycles. The smallest absolute Gasteiger partial charge is 0.339 e. The van der Waals surface area contributed by atoms with E-state index in [1.54, 1.807) is 13.2 Å². The van der Waals surface area contributed by atoms with Crippen LogP contribution in [-0.2, 0) is 43.1 Å². The van der Waals surface area contributed by atoms with Crippen molar-refractivity contribution < 1.29 is 38.1 Å². The monoisotopic (exact) mass is 942 g/mol. The standard InChI is InChI=1S/C61H66O9/c1-39(2)50-27-22-41-20-23-44(24-21-41)51-28-25-46(45-19-11-17-43(34-45)33-42-15-9-6-10-16-42)35-49(51)37-54(63)67-57-55-53(29-26-47-36-52(60(65)68-56(47)55)48(30-32-62)38-66-4)70-61(3,58(57)69-59(50)64)31-12-18-40-13-7-5-8-14-40/h5-11,13-17,19-21,23-24,26,29,34,36,46,48-49,51,57-58,62H,12,18,22,25,27-28,30-33,35,37-38H2,1-4H3. The summed E-state index contributed by atoms with van der Waals surface area (Å²) in [5.74, 6) is -0.663. The van der Waals surface area contributed by atoms with Crippen molar-refractivity contribution in [1.29, 1.82) is 0 Å². The number of rotatable bonds is 12. The molecular weight excluding hydrogens is 877 g/mol. The Morgan fingerprint density at radius 1 is 0.800 bits per heavy atom. The zero-order valence-electron chi connectivity index (χ0n) is 41.0. The number of hydrogen-bond donors (Lipinski definition) is 1. The van der Waals surface area contributed by atoms with Gasteiger partial charge in [-0.1, -0.05) is 115 Å². The minimum Gasteiger partial charge on any atom is -0.483 e. The van der Waals surface area contributed by atoms with Crippen LogP contribution in [0.1, 0.15) is 141 Å². The second-order valence-corrected chi connectivity index (χ2v) is 20.2. The molecule has 9 heteroatoms. The minimum absolute atomic E-state index is 0.0603. The molecule has 1 aromatic heterocycles. The Kier molecular flexibility index (Phi) is 15.2. The highest BCUT2D eigenvalue weighted by Gasteiger charge is 2.53. The third-order valence-corrected chi connectivity index (χ3v) is 15.2. The van der Waals surface area contributed by atoms with Gasteiger partial charge in [-0.05, 0) is 154 Å². The molecular formula is C61H66O9. The normalized spacial score (nSPS) is 23.0. The Bertz CT molecular complexity index is 2860. The zero-order chi connectivity index (χ0) is 48.8. The number of carbonyl (C=O) groups excluding carboxylic acids is 2. The van der Waals surface area contributed by atoms with Gasteiger partial charge in [-0.25, -0.2) is 9.59 Å². The maximum Gasteiger partial charge on any atom is 0.339 e. The molecule has 1 saturated carbocycles. The lowest BCUT2D eigenvalue weighted by molar-refractivity contribution is -0.192. The average Bonchev–Trinajstić information content (AvgIpc) is 3.35. The number of allylic oxidation sites excluding steroid dienone is 1. The van der Waals surface area contributed by atoms with E-state index in [0.717, 1.165) is 43.2 Å². The van der Waals surface area contributed by atoms with Crippen molar-refractivity contribution in [1.82, 2.24) is 0 Å². The third-order valence-electron chi connectivity index (χ3n) is 15.2. The lowest BCUT2D eigenvalue weighted by Crippen LogP contribution is -2.54. The van der Waals surface area contributed by atoms with Crippen LogP contribution in [0.5, 0.6) is 5.75 Å². The van der Waals surface area contributed by atoms with Gasteiger partial charge in [-0.15, -0.1) is 0 Å². The van der Waals surface area contributed by atoms with Crippen LogP contribution in [0, 0.1) is 5.92 Å². The highest BCUT2D eigenvalue weighted by atomic mass is 16.6. The van der Waals surface area contributed by atoms with Crippen LogP contribution in [0.15, 0.2) is 148 Å². The number of methoxy groups -OCH3 is 1. The van der Waals surface area contributed by atoms with Crippen LogP contribution < -0.4 is 10.4 Å². The fourth-order valence-corrected chi connectivity index (χ4v) is 11.5. The molecule has 9 nitrogen and oxygen atoms in total. The van der Waals surface area contributed by atoms with Gasteiger partial charge >= 0.3 is 17.6 Å². The molecule has 10 rings (SSSR count). The van der Waals surface area contributed by atoms with Crippen LogP contribution in [0.4, 0.5) is 0 Å². The van der Waals surface area contributed by atoms with Crippen LogP contribution in [-0.4, -0.2) is 49.1 Å². The van der Waals surface area contributed by atoms with Gasteiger partial charge in [0.25, 0.3) is 0 Å². The van der Waals surface area contributed by atoms with E-state index in [0.29, 0.717) is 59.9 Å². The Morgan fingerprint density at radius 3 is 2.27 bits per heavy atom. The largest absolute Gasteiger partial charge is 0.483 e. The fourth-order valence-electron chi connectivity index (χ4n) is 11.5. The maximum atomic E-state index is 15.2. The topological polar surface area (TPSA) is 122 Å². The van der Waals surface area contributed by atoms with Crippen LogP contribution in [0.25, 0.3) is 11.0 Å². The molecule has 4 heterocycles. The molecule has 6 aromatic rings. The predicted octanol–water partition coefficient (Wildman–Crippen LogP) is 12.2. The van der Waals surface area contributed by atoms with Crippen LogP contribution >= 0.6 is 0 Å². The van der Waals surface area contributed by atoms with Crippen molar-refractivity contribution in [3.05, 3.63) is 193 Å². The summed E-state index contributed by atoms with van der Waals surface area (Å²) >= 11 is 0. The Balaban J connectivity index is 1.13. The number of ether oxygens (including phenoxy) is 4. The third kappa shape index (κ3) is 10.9. The molecule has 7 atom stereocenters. The molecule has 70 heavy (non-hydrogen) atoms. The highest BCUT2D eigenvalue weighted by Crippen LogP contribution is 2.51. The molecule has 1 aliphatic carbocycles. The Morgan fingerprint density at radius 2 is 1.54 bits per heavy atom. The molecule has 0 radical (unpaired) electrons. The van der Waals surface area contributed by atoms with Crippen LogP contribution in [0.2, 0.25) is 0 Å². The molecule has 0 amide bonds. The second kappa shape index (κ2) is 21.8. The number of aliphatic hydroxyl groups is 1.